The molecule has 2 nitrogen and oxygen atoms in total. The van der Waals surface area contributed by atoms with E-state index < -0.39 is 0 Å². The summed E-state index contributed by atoms with van der Waals surface area (Å²) in [6.07, 6.45) is 1.70. The van der Waals surface area contributed by atoms with E-state index in [0.717, 1.165) is 23.3 Å². The lowest BCUT2D eigenvalue weighted by molar-refractivity contribution is 0.483. The van der Waals surface area contributed by atoms with E-state index in [0.29, 0.717) is 0 Å². The maximum Gasteiger partial charge on any atom is 0.117 e. The molecule has 0 radical (unpaired) electrons. The van der Waals surface area contributed by atoms with Gasteiger partial charge < -0.3 is 9.73 Å². The van der Waals surface area contributed by atoms with Crippen LogP contribution >= 0.6 is 15.9 Å². The monoisotopic (exact) mass is 279 g/mol. The fourth-order valence-electron chi connectivity index (χ4n) is 1.56. The standard InChI is InChI=1S/C13H14BrNO/c1-10-4-5-12(14)7-11(10)8-15-9-13-3-2-6-16-13/h2-7,15H,8-9H2,1H3. The van der Waals surface area contributed by atoms with Crippen LogP contribution in [-0.4, -0.2) is 0 Å². The molecule has 84 valence electrons. The summed E-state index contributed by atoms with van der Waals surface area (Å²) in [6.45, 7) is 3.74. The first-order valence-electron chi connectivity index (χ1n) is 5.24. The van der Waals surface area contributed by atoms with Gasteiger partial charge >= 0.3 is 0 Å². The van der Waals surface area contributed by atoms with Gasteiger partial charge in [0.2, 0.25) is 0 Å². The number of hydrogen-bond acceptors (Lipinski definition) is 2. The molecule has 0 saturated carbocycles. The van der Waals surface area contributed by atoms with Crippen LogP contribution in [0.3, 0.4) is 0 Å². The third kappa shape index (κ3) is 2.97. The Kier molecular flexibility index (Phi) is 3.80. The zero-order valence-electron chi connectivity index (χ0n) is 9.16. The number of halogens is 1. The van der Waals surface area contributed by atoms with E-state index in [2.05, 4.69) is 46.4 Å². The van der Waals surface area contributed by atoms with Crippen LogP contribution in [0.2, 0.25) is 0 Å². The molecule has 0 bridgehead atoms. The number of nitrogens with one attached hydrogen (secondary N) is 1. The average Bonchev–Trinajstić information content (AvgIpc) is 2.76. The zero-order chi connectivity index (χ0) is 11.4. The number of furan rings is 1. The van der Waals surface area contributed by atoms with Crippen LogP contribution in [0.1, 0.15) is 16.9 Å². The molecule has 16 heavy (non-hydrogen) atoms. The normalized spacial score (nSPS) is 10.6. The Balaban J connectivity index is 1.92. The molecule has 1 aromatic heterocycles. The van der Waals surface area contributed by atoms with E-state index in [1.807, 2.05) is 12.1 Å². The molecule has 3 heteroatoms. The molecule has 0 aliphatic rings. The molecule has 0 unspecified atom stereocenters. The van der Waals surface area contributed by atoms with Crippen LogP contribution in [0, 0.1) is 6.92 Å². The summed E-state index contributed by atoms with van der Waals surface area (Å²) in [5, 5.41) is 3.36. The van der Waals surface area contributed by atoms with Crippen molar-refractivity contribution in [2.45, 2.75) is 20.0 Å². The van der Waals surface area contributed by atoms with Crippen LogP contribution in [0.25, 0.3) is 0 Å². The van der Waals surface area contributed by atoms with Crippen LogP contribution in [0.4, 0.5) is 0 Å². The summed E-state index contributed by atoms with van der Waals surface area (Å²) in [7, 11) is 0. The fraction of sp³-hybridized carbons (Fsp3) is 0.231. The second kappa shape index (κ2) is 5.32. The quantitative estimate of drug-likeness (QED) is 0.925. The van der Waals surface area contributed by atoms with Crippen molar-refractivity contribution >= 4 is 15.9 Å². The van der Waals surface area contributed by atoms with Crippen molar-refractivity contribution in [2.24, 2.45) is 0 Å². The van der Waals surface area contributed by atoms with Crippen molar-refractivity contribution in [2.75, 3.05) is 0 Å². The summed E-state index contributed by atoms with van der Waals surface area (Å²) >= 11 is 3.48. The van der Waals surface area contributed by atoms with Crippen molar-refractivity contribution in [3.05, 3.63) is 58.0 Å². The van der Waals surface area contributed by atoms with Gasteiger partial charge in [-0.05, 0) is 42.3 Å². The Bertz CT molecular complexity index is 451. The van der Waals surface area contributed by atoms with Crippen LogP contribution < -0.4 is 5.32 Å². The molecular formula is C13H14BrNO. The summed E-state index contributed by atoms with van der Waals surface area (Å²) in [5.74, 6) is 0.965. The summed E-state index contributed by atoms with van der Waals surface area (Å²) in [6, 6.07) is 10.2. The maximum absolute atomic E-state index is 5.25. The van der Waals surface area contributed by atoms with E-state index in [4.69, 9.17) is 4.42 Å². The van der Waals surface area contributed by atoms with E-state index in [1.54, 1.807) is 6.26 Å². The predicted molar refractivity (Wildman–Crippen MR) is 68.1 cm³/mol. The molecule has 0 amide bonds. The van der Waals surface area contributed by atoms with Gasteiger partial charge in [-0.3, -0.25) is 0 Å². The second-order valence-electron chi connectivity index (χ2n) is 3.75. The van der Waals surface area contributed by atoms with Crippen LogP contribution in [0.5, 0.6) is 0 Å². The van der Waals surface area contributed by atoms with Gasteiger partial charge in [0, 0.05) is 11.0 Å². The van der Waals surface area contributed by atoms with Crippen molar-refractivity contribution in [3.63, 3.8) is 0 Å². The SMILES string of the molecule is Cc1ccc(Br)cc1CNCc1ccco1. The van der Waals surface area contributed by atoms with E-state index in [9.17, 15) is 0 Å². The second-order valence-corrected chi connectivity index (χ2v) is 4.67. The van der Waals surface area contributed by atoms with E-state index >= 15 is 0 Å². The molecule has 0 aliphatic heterocycles. The number of rotatable bonds is 4. The third-order valence-corrected chi connectivity index (χ3v) is 3.00. The number of hydrogen-bond donors (Lipinski definition) is 1. The fourth-order valence-corrected chi connectivity index (χ4v) is 1.97. The minimum absolute atomic E-state index is 0.763. The van der Waals surface area contributed by atoms with Gasteiger partial charge in [-0.1, -0.05) is 22.0 Å². The molecule has 1 aromatic carbocycles. The Labute approximate surface area is 104 Å². The highest BCUT2D eigenvalue weighted by Crippen LogP contribution is 2.15. The van der Waals surface area contributed by atoms with E-state index in [-0.39, 0.29) is 0 Å². The smallest absolute Gasteiger partial charge is 0.117 e. The van der Waals surface area contributed by atoms with Gasteiger partial charge in [-0.25, -0.2) is 0 Å². The Morgan fingerprint density at radius 3 is 2.88 bits per heavy atom. The highest BCUT2D eigenvalue weighted by molar-refractivity contribution is 9.10. The van der Waals surface area contributed by atoms with E-state index in [1.165, 1.54) is 11.1 Å². The summed E-state index contributed by atoms with van der Waals surface area (Å²) in [5.41, 5.74) is 2.61. The van der Waals surface area contributed by atoms with Gasteiger partial charge in [-0.2, -0.15) is 0 Å². The summed E-state index contributed by atoms with van der Waals surface area (Å²) in [4.78, 5) is 0. The van der Waals surface area contributed by atoms with Crippen LogP contribution in [-0.2, 0) is 13.1 Å². The van der Waals surface area contributed by atoms with Crippen molar-refractivity contribution in [1.29, 1.82) is 0 Å². The molecule has 0 aliphatic carbocycles. The Morgan fingerprint density at radius 2 is 2.12 bits per heavy atom. The van der Waals surface area contributed by atoms with Gasteiger partial charge in [-0.15, -0.1) is 0 Å². The minimum Gasteiger partial charge on any atom is -0.468 e. The molecular weight excluding hydrogens is 266 g/mol. The first-order chi connectivity index (χ1) is 7.75. The van der Waals surface area contributed by atoms with Crippen molar-refractivity contribution < 1.29 is 4.42 Å². The van der Waals surface area contributed by atoms with Crippen molar-refractivity contribution in [1.82, 2.24) is 5.32 Å². The molecule has 0 fully saturated rings. The molecule has 0 atom stereocenters. The largest absolute Gasteiger partial charge is 0.468 e. The van der Waals surface area contributed by atoms with Crippen molar-refractivity contribution in [3.8, 4) is 0 Å². The number of aryl methyl sites for hydroxylation is 1. The highest BCUT2D eigenvalue weighted by atomic mass is 79.9. The molecule has 2 rings (SSSR count). The minimum atomic E-state index is 0.763. The predicted octanol–water partition coefficient (Wildman–Crippen LogP) is 3.64. The maximum atomic E-state index is 5.25. The molecule has 0 spiro atoms. The first-order valence-corrected chi connectivity index (χ1v) is 6.03. The topological polar surface area (TPSA) is 25.2 Å². The summed E-state index contributed by atoms with van der Waals surface area (Å²) < 4.78 is 6.37. The Morgan fingerprint density at radius 1 is 1.25 bits per heavy atom. The molecule has 1 heterocycles. The average molecular weight is 280 g/mol. The van der Waals surface area contributed by atoms with Gasteiger partial charge in [0.1, 0.15) is 5.76 Å². The van der Waals surface area contributed by atoms with Crippen LogP contribution in [0.15, 0.2) is 45.5 Å². The lowest BCUT2D eigenvalue weighted by Gasteiger charge is -2.07. The zero-order valence-corrected chi connectivity index (χ0v) is 10.8. The lowest BCUT2D eigenvalue weighted by Crippen LogP contribution is -2.12. The molecule has 0 saturated heterocycles. The lowest BCUT2D eigenvalue weighted by atomic mass is 10.1. The third-order valence-electron chi connectivity index (χ3n) is 2.51. The first kappa shape index (κ1) is 11.4. The highest BCUT2D eigenvalue weighted by Gasteiger charge is 2.00. The van der Waals surface area contributed by atoms with Gasteiger partial charge in [0.25, 0.3) is 0 Å². The van der Waals surface area contributed by atoms with Gasteiger partial charge in [0.15, 0.2) is 0 Å². The number of benzene rings is 1. The molecule has 1 N–H and O–H groups in total. The molecule has 2 aromatic rings. The Hall–Kier alpha value is -1.06. The van der Waals surface area contributed by atoms with Gasteiger partial charge in [0.05, 0.1) is 12.8 Å².